The van der Waals surface area contributed by atoms with E-state index in [1.165, 1.54) is 0 Å². The number of nitrogens with one attached hydrogen (secondary N) is 1. The molecule has 0 aromatic heterocycles. The number of likely N-dealkylation sites (N-methyl/N-ethyl adjacent to an activating group) is 1. The molecule has 0 heterocycles. The zero-order chi connectivity index (χ0) is 17.5. The molecular formula is C20H26N2O2. The van der Waals surface area contributed by atoms with E-state index < -0.39 is 0 Å². The molecule has 2 aromatic rings. The largest absolute Gasteiger partial charge is 0.496 e. The second-order valence-electron chi connectivity index (χ2n) is 6.13. The van der Waals surface area contributed by atoms with Gasteiger partial charge >= 0.3 is 0 Å². The van der Waals surface area contributed by atoms with E-state index in [-0.39, 0.29) is 11.9 Å². The lowest BCUT2D eigenvalue weighted by Crippen LogP contribution is -2.35. The van der Waals surface area contributed by atoms with Crippen LogP contribution in [0.3, 0.4) is 0 Å². The van der Waals surface area contributed by atoms with Gasteiger partial charge in [-0.25, -0.2) is 0 Å². The van der Waals surface area contributed by atoms with Gasteiger partial charge in [0.2, 0.25) is 5.91 Å². The predicted molar refractivity (Wildman–Crippen MR) is 97.3 cm³/mol. The molecule has 1 amide bonds. The molecule has 0 saturated heterocycles. The van der Waals surface area contributed by atoms with Gasteiger partial charge in [0.1, 0.15) is 5.75 Å². The fourth-order valence-electron chi connectivity index (χ4n) is 2.77. The molecule has 0 bridgehead atoms. The van der Waals surface area contributed by atoms with Gasteiger partial charge < -0.3 is 15.0 Å². The Morgan fingerprint density at radius 1 is 1.12 bits per heavy atom. The summed E-state index contributed by atoms with van der Waals surface area (Å²) in [6, 6.07) is 16.0. The Morgan fingerprint density at radius 3 is 2.46 bits per heavy atom. The molecule has 0 radical (unpaired) electrons. The van der Waals surface area contributed by atoms with Crippen LogP contribution in [0.1, 0.15) is 22.7 Å². The van der Waals surface area contributed by atoms with Crippen molar-refractivity contribution in [2.75, 3.05) is 27.7 Å². The highest BCUT2D eigenvalue weighted by Gasteiger charge is 2.19. The second-order valence-corrected chi connectivity index (χ2v) is 6.13. The summed E-state index contributed by atoms with van der Waals surface area (Å²) in [4.78, 5) is 14.4. The molecule has 0 aliphatic heterocycles. The first-order valence-corrected chi connectivity index (χ1v) is 8.13. The minimum atomic E-state index is 0.0334. The van der Waals surface area contributed by atoms with Crippen molar-refractivity contribution in [3.05, 3.63) is 65.2 Å². The molecule has 1 N–H and O–H groups in total. The van der Waals surface area contributed by atoms with Crippen molar-refractivity contribution in [3.8, 4) is 5.75 Å². The van der Waals surface area contributed by atoms with Gasteiger partial charge in [0.05, 0.1) is 19.6 Å². The zero-order valence-corrected chi connectivity index (χ0v) is 14.9. The van der Waals surface area contributed by atoms with Gasteiger partial charge in [-0.05, 0) is 38.2 Å². The Morgan fingerprint density at radius 2 is 1.79 bits per heavy atom. The highest BCUT2D eigenvalue weighted by molar-refractivity contribution is 5.79. The molecule has 0 saturated carbocycles. The van der Waals surface area contributed by atoms with Gasteiger partial charge in [0.15, 0.2) is 0 Å². The number of methoxy groups -OCH3 is 1. The van der Waals surface area contributed by atoms with Crippen LogP contribution in [0, 0.1) is 6.92 Å². The summed E-state index contributed by atoms with van der Waals surface area (Å²) in [6.07, 6.45) is 0.402. The number of ether oxygens (including phenoxy) is 1. The standard InChI is InChI=1S/C20H26N2O2/c1-15-9-5-6-10-16(15)13-20(23)21-14-18(22(2)3)17-11-7-8-12-19(17)24-4/h5-12,18H,13-14H2,1-4H3,(H,21,23). The maximum absolute atomic E-state index is 12.3. The molecule has 1 atom stereocenters. The minimum Gasteiger partial charge on any atom is -0.496 e. The van der Waals surface area contributed by atoms with Gasteiger partial charge in [0.25, 0.3) is 0 Å². The normalized spacial score (nSPS) is 12.0. The summed E-state index contributed by atoms with van der Waals surface area (Å²) in [5, 5.41) is 3.05. The van der Waals surface area contributed by atoms with Crippen LogP contribution in [0.4, 0.5) is 0 Å². The third-order valence-corrected chi connectivity index (χ3v) is 4.23. The average molecular weight is 326 g/mol. The van der Waals surface area contributed by atoms with Crippen LogP contribution in [-0.2, 0) is 11.2 Å². The summed E-state index contributed by atoms with van der Waals surface area (Å²) in [5.41, 5.74) is 3.27. The van der Waals surface area contributed by atoms with E-state index in [0.29, 0.717) is 13.0 Å². The second kappa shape index (κ2) is 8.50. The smallest absolute Gasteiger partial charge is 0.224 e. The van der Waals surface area contributed by atoms with Crippen molar-refractivity contribution in [2.24, 2.45) is 0 Å². The highest BCUT2D eigenvalue weighted by atomic mass is 16.5. The summed E-state index contributed by atoms with van der Waals surface area (Å²) < 4.78 is 5.46. The first kappa shape index (κ1) is 18.0. The number of hydrogen-bond acceptors (Lipinski definition) is 3. The molecule has 24 heavy (non-hydrogen) atoms. The monoisotopic (exact) mass is 326 g/mol. The molecular weight excluding hydrogens is 300 g/mol. The number of nitrogens with zero attached hydrogens (tertiary/aromatic N) is 1. The number of hydrogen-bond donors (Lipinski definition) is 1. The van der Waals surface area contributed by atoms with E-state index in [1.807, 2.05) is 69.6 Å². The molecule has 0 aliphatic rings. The van der Waals surface area contributed by atoms with E-state index in [0.717, 1.165) is 22.4 Å². The lowest BCUT2D eigenvalue weighted by Gasteiger charge is -2.26. The molecule has 0 spiro atoms. The number of carbonyl (C=O) groups excluding carboxylic acids is 1. The van der Waals surface area contributed by atoms with Gasteiger partial charge in [-0.2, -0.15) is 0 Å². The molecule has 4 heteroatoms. The zero-order valence-electron chi connectivity index (χ0n) is 14.9. The summed E-state index contributed by atoms with van der Waals surface area (Å²) in [6.45, 7) is 2.57. The number of para-hydroxylation sites is 1. The van der Waals surface area contributed by atoms with E-state index >= 15 is 0 Å². The van der Waals surface area contributed by atoms with Crippen LogP contribution in [0.5, 0.6) is 5.75 Å². The number of carbonyl (C=O) groups is 1. The third-order valence-electron chi connectivity index (χ3n) is 4.23. The summed E-state index contributed by atoms with van der Waals surface area (Å²) in [7, 11) is 5.68. The van der Waals surface area contributed by atoms with Crippen LogP contribution in [0.25, 0.3) is 0 Å². The first-order chi connectivity index (χ1) is 11.5. The number of amides is 1. The fraction of sp³-hybridized carbons (Fsp3) is 0.350. The molecule has 2 rings (SSSR count). The van der Waals surface area contributed by atoms with Crippen molar-refractivity contribution in [3.63, 3.8) is 0 Å². The Bertz CT molecular complexity index is 683. The van der Waals surface area contributed by atoms with Gasteiger partial charge in [-0.3, -0.25) is 4.79 Å². The van der Waals surface area contributed by atoms with Crippen LogP contribution in [0.2, 0.25) is 0 Å². The molecule has 2 aromatic carbocycles. The van der Waals surface area contributed by atoms with Crippen LogP contribution < -0.4 is 10.1 Å². The Balaban J connectivity index is 2.04. The lowest BCUT2D eigenvalue weighted by atomic mass is 10.0. The van der Waals surface area contributed by atoms with E-state index in [4.69, 9.17) is 4.74 Å². The number of benzene rings is 2. The quantitative estimate of drug-likeness (QED) is 0.850. The third kappa shape index (κ3) is 4.59. The van der Waals surface area contributed by atoms with Crippen LogP contribution in [-0.4, -0.2) is 38.6 Å². The highest BCUT2D eigenvalue weighted by Crippen LogP contribution is 2.27. The van der Waals surface area contributed by atoms with Crippen LogP contribution in [0.15, 0.2) is 48.5 Å². The minimum absolute atomic E-state index is 0.0334. The fourth-order valence-corrected chi connectivity index (χ4v) is 2.77. The van der Waals surface area contributed by atoms with E-state index in [1.54, 1.807) is 7.11 Å². The van der Waals surface area contributed by atoms with Crippen LogP contribution >= 0.6 is 0 Å². The van der Waals surface area contributed by atoms with E-state index in [2.05, 4.69) is 10.2 Å². The summed E-state index contributed by atoms with van der Waals surface area (Å²) in [5.74, 6) is 0.871. The molecule has 1 unspecified atom stereocenters. The van der Waals surface area contributed by atoms with Crippen molar-refractivity contribution >= 4 is 5.91 Å². The van der Waals surface area contributed by atoms with Gasteiger partial charge in [-0.15, -0.1) is 0 Å². The molecule has 4 nitrogen and oxygen atoms in total. The van der Waals surface area contributed by atoms with Gasteiger partial charge in [0, 0.05) is 12.1 Å². The van der Waals surface area contributed by atoms with Crippen molar-refractivity contribution < 1.29 is 9.53 Å². The lowest BCUT2D eigenvalue weighted by molar-refractivity contribution is -0.120. The maximum Gasteiger partial charge on any atom is 0.224 e. The maximum atomic E-state index is 12.3. The van der Waals surface area contributed by atoms with Gasteiger partial charge in [-0.1, -0.05) is 42.5 Å². The number of aryl methyl sites for hydroxylation is 1. The van der Waals surface area contributed by atoms with Crippen molar-refractivity contribution in [2.45, 2.75) is 19.4 Å². The Kier molecular flexibility index (Phi) is 6.38. The Labute approximate surface area is 144 Å². The number of rotatable bonds is 7. The molecule has 0 aliphatic carbocycles. The SMILES string of the molecule is COc1ccccc1C(CNC(=O)Cc1ccccc1C)N(C)C. The van der Waals surface area contributed by atoms with Crippen molar-refractivity contribution in [1.29, 1.82) is 0 Å². The predicted octanol–water partition coefficient (Wildman–Crippen LogP) is 2.97. The molecule has 128 valence electrons. The van der Waals surface area contributed by atoms with Crippen molar-refractivity contribution in [1.82, 2.24) is 10.2 Å². The first-order valence-electron chi connectivity index (χ1n) is 8.13. The average Bonchev–Trinajstić information content (AvgIpc) is 2.57. The Hall–Kier alpha value is -2.33. The molecule has 0 fully saturated rings. The van der Waals surface area contributed by atoms with E-state index in [9.17, 15) is 4.79 Å². The summed E-state index contributed by atoms with van der Waals surface area (Å²) >= 11 is 0. The topological polar surface area (TPSA) is 41.6 Å².